The molecule has 1 aromatic rings. The topological polar surface area (TPSA) is 36.4 Å². The van der Waals surface area contributed by atoms with Crippen molar-refractivity contribution in [3.05, 3.63) is 22.3 Å². The van der Waals surface area contributed by atoms with E-state index in [-0.39, 0.29) is 37.8 Å². The minimum atomic E-state index is -2.61. The molecule has 2 saturated heterocycles. The van der Waals surface area contributed by atoms with Crippen LogP contribution in [0, 0.1) is 12.8 Å². The van der Waals surface area contributed by atoms with Gasteiger partial charge in [0.25, 0.3) is 5.92 Å². The molecule has 0 bridgehead atoms. The highest BCUT2D eigenvalue weighted by atomic mass is 79.9. The monoisotopic (exact) mass is 387 g/mol. The molecule has 3 heterocycles. The van der Waals surface area contributed by atoms with Crippen LogP contribution in [-0.4, -0.2) is 47.9 Å². The number of hydrogen-bond acceptors (Lipinski definition) is 3. The van der Waals surface area contributed by atoms with Crippen LogP contribution in [0.25, 0.3) is 0 Å². The van der Waals surface area contributed by atoms with Gasteiger partial charge in [0.2, 0.25) is 5.91 Å². The van der Waals surface area contributed by atoms with Gasteiger partial charge in [-0.1, -0.05) is 0 Å². The molecule has 4 nitrogen and oxygen atoms in total. The number of carbonyl (C=O) groups excluding carboxylic acids is 1. The molecule has 126 valence electrons. The molecule has 0 N–H and O–H groups in total. The van der Waals surface area contributed by atoms with Crippen molar-refractivity contribution in [2.45, 2.75) is 32.1 Å². The average molecular weight is 388 g/mol. The molecule has 1 atom stereocenters. The molecular formula is C16H20BrF2N3O. The van der Waals surface area contributed by atoms with Crippen molar-refractivity contribution in [2.24, 2.45) is 5.92 Å². The van der Waals surface area contributed by atoms with Crippen LogP contribution >= 0.6 is 15.9 Å². The molecule has 2 aliphatic heterocycles. The van der Waals surface area contributed by atoms with Gasteiger partial charge in [-0.05, 0) is 40.9 Å². The van der Waals surface area contributed by atoms with Crippen molar-refractivity contribution >= 4 is 27.7 Å². The first-order valence-corrected chi connectivity index (χ1v) is 8.69. The van der Waals surface area contributed by atoms with E-state index in [4.69, 9.17) is 0 Å². The summed E-state index contributed by atoms with van der Waals surface area (Å²) in [5.41, 5.74) is 1.06. The summed E-state index contributed by atoms with van der Waals surface area (Å²) in [6.45, 7) is 3.71. The maximum Gasteiger partial charge on any atom is 0.251 e. The molecule has 0 aromatic carbocycles. The Bertz CT molecular complexity index is 601. The Kier molecular flexibility index (Phi) is 4.58. The largest absolute Gasteiger partial charge is 0.356 e. The van der Waals surface area contributed by atoms with Gasteiger partial charge in [0.1, 0.15) is 5.82 Å². The molecule has 2 aliphatic rings. The lowest BCUT2D eigenvalue weighted by molar-refractivity contribution is -0.140. The van der Waals surface area contributed by atoms with E-state index in [9.17, 15) is 13.6 Å². The fourth-order valence-electron chi connectivity index (χ4n) is 3.33. The number of anilines is 1. The Hall–Kier alpha value is -1.24. The molecule has 3 rings (SSSR count). The van der Waals surface area contributed by atoms with E-state index in [1.807, 2.05) is 13.0 Å². The summed E-state index contributed by atoms with van der Waals surface area (Å²) in [7, 11) is 0. The van der Waals surface area contributed by atoms with Crippen molar-refractivity contribution in [3.63, 3.8) is 0 Å². The third-order valence-corrected chi connectivity index (χ3v) is 5.09. The number of nitrogens with zero attached hydrogens (tertiary/aromatic N) is 3. The van der Waals surface area contributed by atoms with Gasteiger partial charge >= 0.3 is 0 Å². The van der Waals surface area contributed by atoms with Gasteiger partial charge in [0, 0.05) is 49.7 Å². The van der Waals surface area contributed by atoms with Crippen molar-refractivity contribution < 1.29 is 13.6 Å². The normalized spacial score (nSPS) is 24.1. The Morgan fingerprint density at radius 3 is 2.70 bits per heavy atom. The quantitative estimate of drug-likeness (QED) is 0.781. The highest BCUT2D eigenvalue weighted by molar-refractivity contribution is 9.10. The van der Waals surface area contributed by atoms with Gasteiger partial charge in [-0.3, -0.25) is 4.79 Å². The van der Waals surface area contributed by atoms with E-state index >= 15 is 0 Å². The molecule has 0 spiro atoms. The zero-order valence-corrected chi connectivity index (χ0v) is 14.7. The smallest absolute Gasteiger partial charge is 0.251 e. The number of hydrogen-bond donors (Lipinski definition) is 0. The van der Waals surface area contributed by atoms with Crippen LogP contribution in [-0.2, 0) is 4.79 Å². The third-order valence-electron chi connectivity index (χ3n) is 4.66. The molecule has 23 heavy (non-hydrogen) atoms. The lowest BCUT2D eigenvalue weighted by atomic mass is 10.0. The van der Waals surface area contributed by atoms with Crippen molar-refractivity contribution in [3.8, 4) is 0 Å². The van der Waals surface area contributed by atoms with E-state index in [0.717, 1.165) is 28.8 Å². The second-order valence-corrected chi connectivity index (χ2v) is 7.32. The number of halogens is 3. The van der Waals surface area contributed by atoms with Gasteiger partial charge in [-0.25, -0.2) is 13.8 Å². The first kappa shape index (κ1) is 16.6. The number of piperidine rings is 1. The van der Waals surface area contributed by atoms with Crippen LogP contribution in [0.15, 0.2) is 16.7 Å². The van der Waals surface area contributed by atoms with Gasteiger partial charge in [0.05, 0.1) is 5.92 Å². The molecule has 1 aromatic heterocycles. The van der Waals surface area contributed by atoms with E-state index in [0.29, 0.717) is 6.54 Å². The standard InChI is InChI=1S/C16H20BrF2N3O/c1-11-8-13(17)9-20-14(11)22-5-2-12(10-22)15(23)21-6-3-16(18,19)4-7-21/h8-9,12H,2-7,10H2,1H3. The summed E-state index contributed by atoms with van der Waals surface area (Å²) in [5.74, 6) is -1.82. The Labute approximate surface area is 143 Å². The highest BCUT2D eigenvalue weighted by Gasteiger charge is 2.39. The van der Waals surface area contributed by atoms with Crippen molar-refractivity contribution in [1.29, 1.82) is 0 Å². The SMILES string of the molecule is Cc1cc(Br)cnc1N1CCC(C(=O)N2CCC(F)(F)CC2)C1. The Morgan fingerprint density at radius 1 is 1.35 bits per heavy atom. The number of alkyl halides is 2. The first-order chi connectivity index (χ1) is 10.9. The molecule has 1 amide bonds. The summed E-state index contributed by atoms with van der Waals surface area (Å²) in [6.07, 6.45) is 2.07. The fraction of sp³-hybridized carbons (Fsp3) is 0.625. The number of pyridine rings is 1. The second kappa shape index (κ2) is 6.34. The van der Waals surface area contributed by atoms with Crippen LogP contribution in [0.2, 0.25) is 0 Å². The van der Waals surface area contributed by atoms with Crippen LogP contribution in [0.4, 0.5) is 14.6 Å². The number of aryl methyl sites for hydroxylation is 1. The summed E-state index contributed by atoms with van der Waals surface area (Å²) in [6, 6.07) is 2.00. The predicted octanol–water partition coefficient (Wildman–Crippen LogP) is 3.24. The number of rotatable bonds is 2. The summed E-state index contributed by atoms with van der Waals surface area (Å²) < 4.78 is 27.4. The molecule has 1 unspecified atom stereocenters. The van der Waals surface area contributed by atoms with Gasteiger partial charge in [-0.2, -0.15) is 0 Å². The van der Waals surface area contributed by atoms with Gasteiger partial charge in [0.15, 0.2) is 0 Å². The molecule has 0 aliphatic carbocycles. The maximum absolute atomic E-state index is 13.2. The molecule has 0 radical (unpaired) electrons. The third kappa shape index (κ3) is 3.65. The maximum atomic E-state index is 13.2. The van der Waals surface area contributed by atoms with E-state index in [1.54, 1.807) is 11.1 Å². The molecular weight excluding hydrogens is 368 g/mol. The van der Waals surface area contributed by atoms with E-state index in [1.165, 1.54) is 0 Å². The molecule has 7 heteroatoms. The Balaban J connectivity index is 1.62. The van der Waals surface area contributed by atoms with Crippen LogP contribution < -0.4 is 4.90 Å². The van der Waals surface area contributed by atoms with Gasteiger partial charge in [-0.15, -0.1) is 0 Å². The Morgan fingerprint density at radius 2 is 2.04 bits per heavy atom. The zero-order chi connectivity index (χ0) is 16.6. The van der Waals surface area contributed by atoms with Gasteiger partial charge < -0.3 is 9.80 Å². The van der Waals surface area contributed by atoms with Crippen LogP contribution in [0.1, 0.15) is 24.8 Å². The molecule has 2 fully saturated rings. The fourth-order valence-corrected chi connectivity index (χ4v) is 3.78. The van der Waals surface area contributed by atoms with Crippen molar-refractivity contribution in [2.75, 3.05) is 31.1 Å². The average Bonchev–Trinajstić information content (AvgIpc) is 2.96. The predicted molar refractivity (Wildman–Crippen MR) is 87.8 cm³/mol. The number of amides is 1. The van der Waals surface area contributed by atoms with Crippen LogP contribution in [0.5, 0.6) is 0 Å². The van der Waals surface area contributed by atoms with Crippen LogP contribution in [0.3, 0.4) is 0 Å². The lowest BCUT2D eigenvalue weighted by Crippen LogP contribution is -2.45. The lowest BCUT2D eigenvalue weighted by Gasteiger charge is -2.33. The highest BCUT2D eigenvalue weighted by Crippen LogP contribution is 2.31. The number of likely N-dealkylation sites (tertiary alicyclic amines) is 1. The zero-order valence-electron chi connectivity index (χ0n) is 13.1. The minimum Gasteiger partial charge on any atom is -0.356 e. The van der Waals surface area contributed by atoms with E-state index in [2.05, 4.69) is 25.8 Å². The summed E-state index contributed by atoms with van der Waals surface area (Å²) in [4.78, 5) is 20.7. The second-order valence-electron chi connectivity index (χ2n) is 6.41. The number of aromatic nitrogens is 1. The van der Waals surface area contributed by atoms with E-state index < -0.39 is 5.92 Å². The van der Waals surface area contributed by atoms with Crippen molar-refractivity contribution in [1.82, 2.24) is 9.88 Å². The summed E-state index contributed by atoms with van der Waals surface area (Å²) in [5, 5.41) is 0. The summed E-state index contributed by atoms with van der Waals surface area (Å²) >= 11 is 3.40. The first-order valence-electron chi connectivity index (χ1n) is 7.89. The number of carbonyl (C=O) groups is 1. The minimum absolute atomic E-state index is 0.0118. The molecule has 0 saturated carbocycles.